The molecule has 1 amide bonds. The lowest BCUT2D eigenvalue weighted by Gasteiger charge is -2.33. The van der Waals surface area contributed by atoms with Crippen molar-refractivity contribution in [3.63, 3.8) is 0 Å². The Bertz CT molecular complexity index is 846. The quantitative estimate of drug-likeness (QED) is 0.620. The Morgan fingerprint density at radius 1 is 1.32 bits per heavy atom. The molecule has 5 nitrogen and oxygen atoms in total. The van der Waals surface area contributed by atoms with E-state index in [1.165, 1.54) is 11.3 Å². The average Bonchev–Trinajstić information content (AvgIpc) is 3.30. The molecule has 3 heterocycles. The Hall–Kier alpha value is -1.55. The van der Waals surface area contributed by atoms with Gasteiger partial charge in [-0.05, 0) is 40.2 Å². The van der Waals surface area contributed by atoms with E-state index in [0.717, 1.165) is 41.7 Å². The molecule has 0 spiro atoms. The van der Waals surface area contributed by atoms with Crippen LogP contribution >= 0.6 is 27.3 Å². The second-order valence-electron chi connectivity index (χ2n) is 7.27. The summed E-state index contributed by atoms with van der Waals surface area (Å²) in [4.78, 5) is 13.5. The number of hydrogen-bond donors (Lipinski definition) is 2. The number of aromatic nitrogens is 2. The van der Waals surface area contributed by atoms with Crippen molar-refractivity contribution < 1.29 is 18.0 Å². The minimum atomic E-state index is -4.46. The van der Waals surface area contributed by atoms with Gasteiger partial charge in [0, 0.05) is 17.3 Å². The highest BCUT2D eigenvalue weighted by molar-refractivity contribution is 9.10. The average molecular weight is 477 g/mol. The third-order valence-corrected chi connectivity index (χ3v) is 7.07. The number of nitrogens with zero attached hydrogens (tertiary/aromatic N) is 2. The van der Waals surface area contributed by atoms with Gasteiger partial charge in [-0.1, -0.05) is 25.3 Å². The standard InChI is InChI=1S/C18H20BrF3N4OS/c19-14-15(17(27)23-10-5-2-1-3-6-10)25-26-13(18(20,21)22)9-11(24-16(14)26)12-7-4-8-28-12/h4,7-8,10-11,13,24H,1-3,5-6,9H2,(H,23,27)/t11-,13+/m1/s1. The van der Waals surface area contributed by atoms with Crippen LogP contribution in [-0.2, 0) is 0 Å². The number of carbonyl (C=O) groups excluding carboxylic acids is 1. The van der Waals surface area contributed by atoms with Gasteiger partial charge in [-0.25, -0.2) is 4.68 Å². The van der Waals surface area contributed by atoms with E-state index in [4.69, 9.17) is 0 Å². The fourth-order valence-electron chi connectivity index (χ4n) is 3.91. The van der Waals surface area contributed by atoms with Crippen molar-refractivity contribution >= 4 is 39.0 Å². The first-order valence-electron chi connectivity index (χ1n) is 9.30. The summed E-state index contributed by atoms with van der Waals surface area (Å²) in [6, 6.07) is 1.41. The van der Waals surface area contributed by atoms with Gasteiger partial charge in [0.1, 0.15) is 5.82 Å². The highest BCUT2D eigenvalue weighted by Gasteiger charge is 2.48. The van der Waals surface area contributed by atoms with Gasteiger partial charge in [-0.2, -0.15) is 18.3 Å². The van der Waals surface area contributed by atoms with Gasteiger partial charge < -0.3 is 10.6 Å². The van der Waals surface area contributed by atoms with Crippen LogP contribution in [0.3, 0.4) is 0 Å². The van der Waals surface area contributed by atoms with E-state index in [2.05, 4.69) is 31.7 Å². The highest BCUT2D eigenvalue weighted by atomic mass is 79.9. The zero-order valence-corrected chi connectivity index (χ0v) is 17.3. The van der Waals surface area contributed by atoms with Crippen LogP contribution < -0.4 is 10.6 Å². The molecule has 1 saturated carbocycles. The molecule has 10 heteroatoms. The molecule has 0 aromatic carbocycles. The first-order valence-corrected chi connectivity index (χ1v) is 11.0. The highest BCUT2D eigenvalue weighted by Crippen LogP contribution is 2.46. The molecule has 2 atom stereocenters. The van der Waals surface area contributed by atoms with Gasteiger partial charge in [0.05, 0.1) is 10.5 Å². The molecule has 0 bridgehead atoms. The molecule has 2 aromatic rings. The molecular formula is C18H20BrF3N4OS. The minimum Gasteiger partial charge on any atom is -0.362 e. The summed E-state index contributed by atoms with van der Waals surface area (Å²) in [5.41, 5.74) is -0.00541. The Kier molecular flexibility index (Phi) is 5.43. The summed E-state index contributed by atoms with van der Waals surface area (Å²) in [5, 5.41) is 12.0. The van der Waals surface area contributed by atoms with Gasteiger partial charge in [0.2, 0.25) is 0 Å². The number of amides is 1. The van der Waals surface area contributed by atoms with Crippen LogP contribution in [0, 0.1) is 0 Å². The van der Waals surface area contributed by atoms with E-state index < -0.39 is 24.2 Å². The van der Waals surface area contributed by atoms with Crippen LogP contribution in [0.5, 0.6) is 0 Å². The first-order chi connectivity index (χ1) is 13.3. The smallest absolute Gasteiger partial charge is 0.362 e. The summed E-state index contributed by atoms with van der Waals surface area (Å²) >= 11 is 4.72. The van der Waals surface area contributed by atoms with Crippen LogP contribution in [-0.4, -0.2) is 27.9 Å². The lowest BCUT2D eigenvalue weighted by Crippen LogP contribution is -2.37. The zero-order chi connectivity index (χ0) is 19.9. The second kappa shape index (κ2) is 7.70. The van der Waals surface area contributed by atoms with Crippen LogP contribution in [0.15, 0.2) is 22.0 Å². The number of fused-ring (bicyclic) bond motifs is 1. The van der Waals surface area contributed by atoms with E-state index in [-0.39, 0.29) is 28.4 Å². The van der Waals surface area contributed by atoms with Gasteiger partial charge in [-0.15, -0.1) is 11.3 Å². The molecule has 4 rings (SSSR count). The van der Waals surface area contributed by atoms with Crippen LogP contribution in [0.1, 0.15) is 66.0 Å². The van der Waals surface area contributed by atoms with E-state index in [1.54, 1.807) is 0 Å². The maximum absolute atomic E-state index is 13.7. The van der Waals surface area contributed by atoms with E-state index >= 15 is 0 Å². The molecule has 0 saturated heterocycles. The second-order valence-corrected chi connectivity index (χ2v) is 9.04. The van der Waals surface area contributed by atoms with Crippen molar-refractivity contribution in [2.24, 2.45) is 0 Å². The molecule has 2 aromatic heterocycles. The Morgan fingerprint density at radius 2 is 2.07 bits per heavy atom. The third kappa shape index (κ3) is 3.80. The molecular weight excluding hydrogens is 457 g/mol. The van der Waals surface area contributed by atoms with E-state index in [0.29, 0.717) is 0 Å². The summed E-state index contributed by atoms with van der Waals surface area (Å²) in [7, 11) is 0. The molecule has 1 aliphatic carbocycles. The fourth-order valence-corrected chi connectivity index (χ4v) is 5.26. The Balaban J connectivity index is 1.65. The SMILES string of the molecule is O=C(NC1CCCCC1)c1nn2c(c1Br)N[C@@H](c1cccs1)C[C@H]2C(F)(F)F. The maximum Gasteiger partial charge on any atom is 0.410 e. The molecule has 2 N–H and O–H groups in total. The fraction of sp³-hybridized carbons (Fsp3) is 0.556. The van der Waals surface area contributed by atoms with E-state index in [9.17, 15) is 18.0 Å². The van der Waals surface area contributed by atoms with Crippen molar-refractivity contribution in [3.05, 3.63) is 32.6 Å². The summed E-state index contributed by atoms with van der Waals surface area (Å²) < 4.78 is 42.4. The first kappa shape index (κ1) is 19.8. The topological polar surface area (TPSA) is 59.0 Å². The number of halogens is 4. The molecule has 0 unspecified atom stereocenters. The predicted octanol–water partition coefficient (Wildman–Crippen LogP) is 5.43. The number of rotatable bonds is 3. The van der Waals surface area contributed by atoms with Crippen molar-refractivity contribution in [2.75, 3.05) is 5.32 Å². The van der Waals surface area contributed by atoms with E-state index in [1.807, 2.05) is 17.5 Å². The monoisotopic (exact) mass is 476 g/mol. The number of carbonyl (C=O) groups is 1. The normalized spacial score (nSPS) is 23.1. The number of alkyl halides is 3. The Morgan fingerprint density at radius 3 is 2.71 bits per heavy atom. The van der Waals surface area contributed by atoms with Crippen LogP contribution in [0.25, 0.3) is 0 Å². The summed E-state index contributed by atoms with van der Waals surface area (Å²) in [6.07, 6.45) is 0.388. The maximum atomic E-state index is 13.7. The van der Waals surface area contributed by atoms with Crippen LogP contribution in [0.4, 0.5) is 19.0 Å². The molecule has 1 aliphatic heterocycles. The molecule has 152 valence electrons. The van der Waals surface area contributed by atoms with Crippen molar-refractivity contribution in [1.82, 2.24) is 15.1 Å². The number of nitrogens with one attached hydrogen (secondary N) is 2. The van der Waals surface area contributed by atoms with Gasteiger partial charge in [0.15, 0.2) is 11.7 Å². The summed E-state index contributed by atoms with van der Waals surface area (Å²) in [5.74, 6) is -0.239. The van der Waals surface area contributed by atoms with Crippen molar-refractivity contribution in [3.8, 4) is 0 Å². The van der Waals surface area contributed by atoms with Crippen molar-refractivity contribution in [2.45, 2.75) is 62.8 Å². The van der Waals surface area contributed by atoms with Crippen LogP contribution in [0.2, 0.25) is 0 Å². The third-order valence-electron chi connectivity index (χ3n) is 5.34. The molecule has 28 heavy (non-hydrogen) atoms. The lowest BCUT2D eigenvalue weighted by atomic mass is 9.95. The number of thiophene rings is 1. The van der Waals surface area contributed by atoms with Gasteiger partial charge in [-0.3, -0.25) is 4.79 Å². The van der Waals surface area contributed by atoms with Gasteiger partial charge in [0.25, 0.3) is 5.91 Å². The number of hydrogen-bond acceptors (Lipinski definition) is 4. The largest absolute Gasteiger partial charge is 0.410 e. The van der Waals surface area contributed by atoms with Crippen molar-refractivity contribution in [1.29, 1.82) is 0 Å². The lowest BCUT2D eigenvalue weighted by molar-refractivity contribution is -0.173. The zero-order valence-electron chi connectivity index (χ0n) is 14.9. The molecule has 2 aliphatic rings. The van der Waals surface area contributed by atoms with Gasteiger partial charge >= 0.3 is 6.18 Å². The Labute approximate surface area is 172 Å². The number of anilines is 1. The molecule has 1 fully saturated rings. The predicted molar refractivity (Wildman–Crippen MR) is 105 cm³/mol. The minimum absolute atomic E-state index is 0.00541. The summed E-state index contributed by atoms with van der Waals surface area (Å²) in [6.45, 7) is 0. The molecule has 0 radical (unpaired) electrons.